The number of carbonyl (C=O) groups excluding carboxylic acids is 2. The number of nitrogens with zero attached hydrogens (tertiary/aromatic N) is 1. The second-order valence-electron chi connectivity index (χ2n) is 11.9. The van der Waals surface area contributed by atoms with Crippen LogP contribution in [0.25, 0.3) is 10.8 Å². The van der Waals surface area contributed by atoms with Crippen LogP contribution in [-0.4, -0.2) is 44.3 Å². The summed E-state index contributed by atoms with van der Waals surface area (Å²) in [5, 5.41) is 2.62. The lowest BCUT2D eigenvalue weighted by atomic mass is 9.96. The van der Waals surface area contributed by atoms with E-state index in [1.54, 1.807) is 27.2 Å². The minimum Gasteiger partial charge on any atom is -0.462 e. The number of hydroxylamine groups is 3. The fourth-order valence-corrected chi connectivity index (χ4v) is 4.87. The summed E-state index contributed by atoms with van der Waals surface area (Å²) in [6.07, 6.45) is 14.6. The normalized spacial score (nSPS) is 10.8. The van der Waals surface area contributed by atoms with Gasteiger partial charge in [0.2, 0.25) is 0 Å². The van der Waals surface area contributed by atoms with E-state index < -0.39 is 11.9 Å². The molecular formula is C37H57N2O4+. The smallest absolute Gasteiger partial charge is 0.398 e. The predicted octanol–water partition coefficient (Wildman–Crippen LogP) is 9.89. The van der Waals surface area contributed by atoms with Gasteiger partial charge in [-0.2, -0.15) is 0 Å². The largest absolute Gasteiger partial charge is 0.462 e. The fraction of sp³-hybridized carbons (Fsp3) is 0.514. The first-order chi connectivity index (χ1) is 20.3. The predicted molar refractivity (Wildman–Crippen MR) is 180 cm³/mol. The summed E-state index contributed by atoms with van der Waals surface area (Å²) in [6, 6.07) is 22.2. The molecule has 0 bridgehead atoms. The van der Waals surface area contributed by atoms with Crippen LogP contribution in [-0.2, 0) is 16.0 Å². The number of aryl methyl sites for hydroxylation is 1. The number of benzene rings is 3. The molecule has 0 fully saturated rings. The first-order valence-corrected chi connectivity index (χ1v) is 16.0. The monoisotopic (exact) mass is 593 g/mol. The third kappa shape index (κ3) is 15.2. The molecule has 0 saturated heterocycles. The molecular weight excluding hydrogens is 536 g/mol. The van der Waals surface area contributed by atoms with Crippen molar-refractivity contribution in [3.8, 4) is 0 Å². The van der Waals surface area contributed by atoms with Crippen molar-refractivity contribution in [2.24, 2.45) is 0 Å². The van der Waals surface area contributed by atoms with Crippen molar-refractivity contribution < 1.29 is 23.8 Å². The molecule has 0 aliphatic rings. The molecule has 0 spiro atoms. The number of unbranched alkanes of at least 4 members (excludes halogenated alkanes) is 10. The molecule has 0 saturated carbocycles. The standard InChI is InChI=1S/C27H46NO4.C10H8.H3N/c1-6-8-10-12-14-16-19-23-20-18-21-24(26(29)32-28(3,4)5)25(23)27(30)31-22-17-15-13-11-9-7-2;1-2-6-10-8-4-3-7-9(10)5-1;/h18,20-21H,6-17,19,22H2,1-5H3;1-8H;1H3/q+1;;. The summed E-state index contributed by atoms with van der Waals surface area (Å²) in [5.41, 5.74) is 1.56. The van der Waals surface area contributed by atoms with Gasteiger partial charge in [0.25, 0.3) is 0 Å². The maximum atomic E-state index is 13.0. The van der Waals surface area contributed by atoms with Crippen LogP contribution >= 0.6 is 0 Å². The van der Waals surface area contributed by atoms with E-state index in [4.69, 9.17) is 9.57 Å². The molecule has 3 aromatic carbocycles. The first kappa shape index (κ1) is 37.8. The topological polar surface area (TPSA) is 87.6 Å². The Kier molecular flexibility index (Phi) is 18.9. The van der Waals surface area contributed by atoms with E-state index in [-0.39, 0.29) is 10.8 Å². The lowest BCUT2D eigenvalue weighted by molar-refractivity contribution is -1.04. The van der Waals surface area contributed by atoms with E-state index in [2.05, 4.69) is 62.4 Å². The molecule has 0 aromatic heterocycles. The van der Waals surface area contributed by atoms with Gasteiger partial charge in [0.1, 0.15) is 21.1 Å². The van der Waals surface area contributed by atoms with Crippen LogP contribution in [0.1, 0.15) is 117 Å². The molecule has 0 atom stereocenters. The lowest BCUT2D eigenvalue weighted by Gasteiger charge is -2.21. The average molecular weight is 594 g/mol. The minimum atomic E-state index is -0.492. The SMILES string of the molecule is CCCCCCCCOC(=O)c1c(CCCCCCCC)cccc1C(=O)O[N+](C)(C)C.N.c1ccc2ccccc2c1. The van der Waals surface area contributed by atoms with Crippen molar-refractivity contribution in [2.45, 2.75) is 97.3 Å². The van der Waals surface area contributed by atoms with Gasteiger partial charge in [0.15, 0.2) is 0 Å². The van der Waals surface area contributed by atoms with Crippen LogP contribution in [0.2, 0.25) is 0 Å². The quantitative estimate of drug-likeness (QED) is 0.0728. The second-order valence-corrected chi connectivity index (χ2v) is 11.9. The van der Waals surface area contributed by atoms with E-state index in [0.29, 0.717) is 17.7 Å². The van der Waals surface area contributed by atoms with Crippen molar-refractivity contribution in [1.82, 2.24) is 6.15 Å². The number of rotatable bonds is 17. The van der Waals surface area contributed by atoms with Gasteiger partial charge in [-0.3, -0.25) is 4.84 Å². The zero-order chi connectivity index (χ0) is 30.6. The van der Waals surface area contributed by atoms with Gasteiger partial charge < -0.3 is 10.9 Å². The Morgan fingerprint density at radius 2 is 1.09 bits per heavy atom. The first-order valence-electron chi connectivity index (χ1n) is 16.0. The lowest BCUT2D eigenvalue weighted by Crippen LogP contribution is -2.37. The molecule has 0 aliphatic carbocycles. The van der Waals surface area contributed by atoms with Crippen molar-refractivity contribution in [2.75, 3.05) is 27.7 Å². The van der Waals surface area contributed by atoms with Gasteiger partial charge >= 0.3 is 11.9 Å². The van der Waals surface area contributed by atoms with Gasteiger partial charge in [-0.15, -0.1) is 4.65 Å². The second kappa shape index (κ2) is 21.5. The molecule has 0 aliphatic heterocycles. The third-order valence-electron chi connectivity index (χ3n) is 7.12. The zero-order valence-corrected chi connectivity index (χ0v) is 27.5. The van der Waals surface area contributed by atoms with Crippen LogP contribution in [0.4, 0.5) is 0 Å². The van der Waals surface area contributed by atoms with Gasteiger partial charge in [-0.25, -0.2) is 9.59 Å². The third-order valence-corrected chi connectivity index (χ3v) is 7.12. The van der Waals surface area contributed by atoms with Crippen molar-refractivity contribution >= 4 is 22.7 Å². The number of hydrogen-bond acceptors (Lipinski definition) is 5. The molecule has 0 amide bonds. The molecule has 43 heavy (non-hydrogen) atoms. The van der Waals surface area contributed by atoms with Crippen LogP contribution < -0.4 is 6.15 Å². The Hall–Kier alpha value is -3.22. The molecule has 3 aromatic rings. The highest BCUT2D eigenvalue weighted by Gasteiger charge is 2.27. The van der Waals surface area contributed by atoms with Crippen LogP contribution in [0.5, 0.6) is 0 Å². The number of quaternary nitrogens is 1. The Morgan fingerprint density at radius 3 is 1.60 bits per heavy atom. The molecule has 3 N–H and O–H groups in total. The number of hydrogen-bond donors (Lipinski definition) is 1. The van der Waals surface area contributed by atoms with E-state index in [9.17, 15) is 9.59 Å². The highest BCUT2D eigenvalue weighted by atomic mass is 16.7. The maximum Gasteiger partial charge on any atom is 0.398 e. The molecule has 6 heteroatoms. The molecule has 3 rings (SSSR count). The minimum absolute atomic E-state index is 0. The van der Waals surface area contributed by atoms with E-state index in [0.717, 1.165) is 37.7 Å². The average Bonchev–Trinajstić information content (AvgIpc) is 2.97. The number of fused-ring (bicyclic) bond motifs is 1. The van der Waals surface area contributed by atoms with Gasteiger partial charge in [-0.1, -0.05) is 139 Å². The summed E-state index contributed by atoms with van der Waals surface area (Å²) in [7, 11) is 5.32. The summed E-state index contributed by atoms with van der Waals surface area (Å²) in [6.45, 7) is 4.80. The summed E-state index contributed by atoms with van der Waals surface area (Å²) < 4.78 is 5.64. The maximum absolute atomic E-state index is 13.0. The van der Waals surface area contributed by atoms with Crippen LogP contribution in [0.15, 0.2) is 66.7 Å². The summed E-state index contributed by atoms with van der Waals surface area (Å²) in [5.74, 6) is -0.901. The van der Waals surface area contributed by atoms with Crippen LogP contribution in [0.3, 0.4) is 0 Å². The van der Waals surface area contributed by atoms with Gasteiger partial charge in [0.05, 0.1) is 17.7 Å². The number of esters is 1. The number of ether oxygens (including phenoxy) is 1. The molecule has 0 unspecified atom stereocenters. The van der Waals surface area contributed by atoms with Crippen molar-refractivity contribution in [3.63, 3.8) is 0 Å². The van der Waals surface area contributed by atoms with Crippen LogP contribution in [0, 0.1) is 0 Å². The Bertz CT molecular complexity index is 1140. The Morgan fingerprint density at radius 1 is 0.605 bits per heavy atom. The van der Waals surface area contributed by atoms with Gasteiger partial charge in [0, 0.05) is 0 Å². The fourth-order valence-electron chi connectivity index (χ4n) is 4.87. The molecule has 6 nitrogen and oxygen atoms in total. The van der Waals surface area contributed by atoms with Crippen molar-refractivity contribution in [3.05, 3.63) is 83.4 Å². The summed E-state index contributed by atoms with van der Waals surface area (Å²) >= 11 is 0. The Balaban J connectivity index is 0.000000697. The molecule has 238 valence electrons. The van der Waals surface area contributed by atoms with E-state index in [1.807, 2.05) is 12.1 Å². The highest BCUT2D eigenvalue weighted by Crippen LogP contribution is 2.22. The summed E-state index contributed by atoms with van der Waals surface area (Å²) in [4.78, 5) is 31.4. The van der Waals surface area contributed by atoms with E-state index >= 15 is 0 Å². The van der Waals surface area contributed by atoms with Gasteiger partial charge in [-0.05, 0) is 41.7 Å². The highest BCUT2D eigenvalue weighted by molar-refractivity contribution is 6.04. The molecule has 0 radical (unpaired) electrons. The Labute approximate surface area is 260 Å². The number of carbonyl (C=O) groups is 2. The molecule has 0 heterocycles. The zero-order valence-electron chi connectivity index (χ0n) is 27.5. The van der Waals surface area contributed by atoms with Crippen molar-refractivity contribution in [1.29, 1.82) is 0 Å². The van der Waals surface area contributed by atoms with E-state index in [1.165, 1.54) is 62.1 Å².